The summed E-state index contributed by atoms with van der Waals surface area (Å²) in [5.74, 6) is -0.208. The van der Waals surface area contributed by atoms with Gasteiger partial charge in [0.25, 0.3) is 11.8 Å². The molecule has 0 atom stereocenters. The number of nitrogens with zero attached hydrogens (tertiary/aromatic N) is 1. The van der Waals surface area contributed by atoms with Gasteiger partial charge in [-0.15, -0.1) is 0 Å². The SMILES string of the molecule is O=C(N/N=C\c1ccco1)c1cccc(NC(=O)c2cccc(Cl)c2)c1. The van der Waals surface area contributed by atoms with Crippen LogP contribution in [0.5, 0.6) is 0 Å². The monoisotopic (exact) mass is 367 g/mol. The maximum Gasteiger partial charge on any atom is 0.271 e. The molecule has 2 aromatic carbocycles. The molecule has 0 unspecified atom stereocenters. The molecule has 26 heavy (non-hydrogen) atoms. The van der Waals surface area contributed by atoms with Gasteiger partial charge in [-0.1, -0.05) is 23.7 Å². The first kappa shape index (κ1) is 17.4. The molecule has 3 aromatic rings. The molecular weight excluding hydrogens is 354 g/mol. The number of rotatable bonds is 5. The van der Waals surface area contributed by atoms with Crippen molar-refractivity contribution in [1.29, 1.82) is 0 Å². The van der Waals surface area contributed by atoms with Crippen LogP contribution in [0, 0.1) is 0 Å². The van der Waals surface area contributed by atoms with Crippen molar-refractivity contribution in [2.45, 2.75) is 0 Å². The normalized spacial score (nSPS) is 10.7. The molecule has 0 spiro atoms. The van der Waals surface area contributed by atoms with E-state index < -0.39 is 5.91 Å². The molecule has 2 N–H and O–H groups in total. The van der Waals surface area contributed by atoms with Gasteiger partial charge in [0.2, 0.25) is 0 Å². The minimum Gasteiger partial charge on any atom is -0.463 e. The number of benzene rings is 2. The Balaban J connectivity index is 1.65. The predicted molar refractivity (Wildman–Crippen MR) is 99.6 cm³/mol. The number of nitrogens with one attached hydrogen (secondary N) is 2. The number of carbonyl (C=O) groups is 2. The predicted octanol–water partition coefficient (Wildman–Crippen LogP) is 3.95. The second kappa shape index (κ2) is 8.13. The van der Waals surface area contributed by atoms with E-state index in [0.717, 1.165) is 0 Å². The number of halogens is 1. The number of hydrogen-bond donors (Lipinski definition) is 2. The van der Waals surface area contributed by atoms with Crippen molar-refractivity contribution < 1.29 is 14.0 Å². The number of hydrazone groups is 1. The highest BCUT2D eigenvalue weighted by molar-refractivity contribution is 6.31. The van der Waals surface area contributed by atoms with Crippen LogP contribution in [0.4, 0.5) is 5.69 Å². The topological polar surface area (TPSA) is 83.7 Å². The van der Waals surface area contributed by atoms with E-state index in [9.17, 15) is 9.59 Å². The van der Waals surface area contributed by atoms with E-state index in [2.05, 4.69) is 15.8 Å². The van der Waals surface area contributed by atoms with Gasteiger partial charge in [0.15, 0.2) is 0 Å². The Bertz CT molecular complexity index is 952. The van der Waals surface area contributed by atoms with E-state index in [-0.39, 0.29) is 5.91 Å². The third-order valence-corrected chi connectivity index (χ3v) is 3.61. The fourth-order valence-electron chi connectivity index (χ4n) is 2.15. The second-order valence-electron chi connectivity index (χ2n) is 5.26. The average molecular weight is 368 g/mol. The number of hydrogen-bond acceptors (Lipinski definition) is 4. The van der Waals surface area contributed by atoms with Crippen LogP contribution >= 0.6 is 11.6 Å². The maximum absolute atomic E-state index is 12.2. The highest BCUT2D eigenvalue weighted by Crippen LogP contribution is 2.15. The number of furan rings is 1. The Morgan fingerprint density at radius 2 is 1.73 bits per heavy atom. The Morgan fingerprint density at radius 3 is 2.46 bits per heavy atom. The van der Waals surface area contributed by atoms with Gasteiger partial charge in [-0.3, -0.25) is 9.59 Å². The highest BCUT2D eigenvalue weighted by atomic mass is 35.5. The lowest BCUT2D eigenvalue weighted by atomic mass is 10.1. The molecule has 0 saturated heterocycles. The van der Waals surface area contributed by atoms with E-state index >= 15 is 0 Å². The van der Waals surface area contributed by atoms with Gasteiger partial charge in [0.05, 0.1) is 12.5 Å². The van der Waals surface area contributed by atoms with Crippen molar-refractivity contribution in [3.8, 4) is 0 Å². The molecular formula is C19H14ClN3O3. The summed E-state index contributed by atoms with van der Waals surface area (Å²) in [5, 5.41) is 7.02. The smallest absolute Gasteiger partial charge is 0.271 e. The first-order valence-electron chi connectivity index (χ1n) is 7.66. The molecule has 6 nitrogen and oxygen atoms in total. The second-order valence-corrected chi connectivity index (χ2v) is 5.70. The summed E-state index contributed by atoms with van der Waals surface area (Å²) in [4.78, 5) is 24.4. The van der Waals surface area contributed by atoms with Crippen LogP contribution in [0.1, 0.15) is 26.5 Å². The molecule has 0 fully saturated rings. The van der Waals surface area contributed by atoms with Gasteiger partial charge in [0, 0.05) is 21.8 Å². The molecule has 130 valence electrons. The van der Waals surface area contributed by atoms with Crippen molar-refractivity contribution >= 4 is 35.3 Å². The molecule has 3 rings (SSSR count). The zero-order valence-electron chi connectivity index (χ0n) is 13.5. The summed E-state index contributed by atoms with van der Waals surface area (Å²) >= 11 is 5.89. The Kier molecular flexibility index (Phi) is 5.46. The molecule has 0 bridgehead atoms. The van der Waals surface area contributed by atoms with E-state index in [4.69, 9.17) is 16.0 Å². The molecule has 2 amide bonds. The summed E-state index contributed by atoms with van der Waals surface area (Å²) in [6.07, 6.45) is 2.90. The summed E-state index contributed by atoms with van der Waals surface area (Å²) in [6, 6.07) is 16.6. The third-order valence-electron chi connectivity index (χ3n) is 3.37. The van der Waals surface area contributed by atoms with Gasteiger partial charge in [-0.05, 0) is 48.5 Å². The molecule has 0 aliphatic rings. The molecule has 0 radical (unpaired) electrons. The highest BCUT2D eigenvalue weighted by Gasteiger charge is 2.09. The fraction of sp³-hybridized carbons (Fsp3) is 0. The minimum atomic E-state index is -0.410. The molecule has 1 aromatic heterocycles. The molecule has 0 aliphatic heterocycles. The van der Waals surface area contributed by atoms with Crippen molar-refractivity contribution in [3.05, 3.63) is 88.8 Å². The lowest BCUT2D eigenvalue weighted by Crippen LogP contribution is -2.18. The summed E-state index contributed by atoms with van der Waals surface area (Å²) < 4.78 is 5.08. The number of amides is 2. The quantitative estimate of drug-likeness (QED) is 0.529. The van der Waals surface area contributed by atoms with Gasteiger partial charge in [-0.2, -0.15) is 5.10 Å². The summed E-state index contributed by atoms with van der Waals surface area (Å²) in [5.41, 5.74) is 3.66. The Morgan fingerprint density at radius 1 is 0.962 bits per heavy atom. The van der Waals surface area contributed by atoms with E-state index in [0.29, 0.717) is 27.6 Å². The largest absolute Gasteiger partial charge is 0.463 e. The molecule has 1 heterocycles. The van der Waals surface area contributed by atoms with Crippen LogP contribution in [-0.4, -0.2) is 18.0 Å². The van der Waals surface area contributed by atoms with Crippen molar-refractivity contribution in [1.82, 2.24) is 5.43 Å². The van der Waals surface area contributed by atoms with Crippen molar-refractivity contribution in [3.63, 3.8) is 0 Å². The molecule has 0 saturated carbocycles. The van der Waals surface area contributed by atoms with Gasteiger partial charge in [-0.25, -0.2) is 5.43 Å². The van der Waals surface area contributed by atoms with Crippen molar-refractivity contribution in [2.24, 2.45) is 5.10 Å². The van der Waals surface area contributed by atoms with Crippen molar-refractivity contribution in [2.75, 3.05) is 5.32 Å². The Hall–Kier alpha value is -3.38. The molecule has 7 heteroatoms. The van der Waals surface area contributed by atoms with E-state index in [1.807, 2.05) is 0 Å². The summed E-state index contributed by atoms with van der Waals surface area (Å²) in [7, 11) is 0. The van der Waals surface area contributed by atoms with E-state index in [1.54, 1.807) is 60.7 Å². The van der Waals surface area contributed by atoms with Crippen LogP contribution in [-0.2, 0) is 0 Å². The van der Waals surface area contributed by atoms with Gasteiger partial charge >= 0.3 is 0 Å². The number of anilines is 1. The van der Waals surface area contributed by atoms with E-state index in [1.165, 1.54) is 12.5 Å². The first-order chi connectivity index (χ1) is 12.6. The van der Waals surface area contributed by atoms with Crippen LogP contribution in [0.2, 0.25) is 5.02 Å². The van der Waals surface area contributed by atoms with Crippen LogP contribution in [0.3, 0.4) is 0 Å². The van der Waals surface area contributed by atoms with Crippen LogP contribution < -0.4 is 10.7 Å². The molecule has 0 aliphatic carbocycles. The number of carbonyl (C=O) groups excluding carboxylic acids is 2. The first-order valence-corrected chi connectivity index (χ1v) is 8.03. The zero-order chi connectivity index (χ0) is 18.4. The van der Waals surface area contributed by atoms with Crippen LogP contribution in [0.25, 0.3) is 0 Å². The average Bonchev–Trinajstić information content (AvgIpc) is 3.15. The van der Waals surface area contributed by atoms with Gasteiger partial charge < -0.3 is 9.73 Å². The zero-order valence-corrected chi connectivity index (χ0v) is 14.2. The Labute approximate surface area is 154 Å². The summed E-state index contributed by atoms with van der Waals surface area (Å²) in [6.45, 7) is 0. The van der Waals surface area contributed by atoms with Crippen LogP contribution in [0.15, 0.2) is 76.4 Å². The minimum absolute atomic E-state index is 0.319. The third kappa shape index (κ3) is 4.58. The maximum atomic E-state index is 12.2. The lowest BCUT2D eigenvalue weighted by Gasteiger charge is -2.07. The lowest BCUT2D eigenvalue weighted by molar-refractivity contribution is 0.0953. The standard InChI is InChI=1S/C19H14ClN3O3/c20-15-6-1-4-13(10-15)18(24)22-16-7-2-5-14(11-16)19(25)23-21-12-17-8-3-9-26-17/h1-12H,(H,22,24)(H,23,25)/b21-12-. The fourth-order valence-corrected chi connectivity index (χ4v) is 2.35. The van der Waals surface area contributed by atoms with Gasteiger partial charge in [0.1, 0.15) is 5.76 Å².